The van der Waals surface area contributed by atoms with E-state index < -0.39 is 0 Å². The first-order chi connectivity index (χ1) is 22.2. The van der Waals surface area contributed by atoms with E-state index in [9.17, 15) is 9.18 Å². The van der Waals surface area contributed by atoms with Gasteiger partial charge in [-0.3, -0.25) is 9.78 Å². The summed E-state index contributed by atoms with van der Waals surface area (Å²) in [6.07, 6.45) is 14.1. The second-order valence-corrected chi connectivity index (χ2v) is 12.4. The highest BCUT2D eigenvalue weighted by atomic mass is 19.1. The first-order valence-corrected chi connectivity index (χ1v) is 16.3. The van der Waals surface area contributed by atoms with Crippen LogP contribution in [0.5, 0.6) is 5.75 Å². The molecule has 5 nitrogen and oxygen atoms in total. The minimum Gasteiger partial charge on any atom is -0.493 e. The molecule has 0 unspecified atom stereocenters. The fourth-order valence-electron chi connectivity index (χ4n) is 6.02. The average Bonchev–Trinajstić information content (AvgIpc) is 3.23. The number of allylic oxidation sites excluding steroid dienone is 5. The molecule has 2 aromatic carbocycles. The molecule has 1 aromatic heterocycles. The summed E-state index contributed by atoms with van der Waals surface area (Å²) in [5, 5.41) is 0. The van der Waals surface area contributed by atoms with Gasteiger partial charge in [0.05, 0.1) is 24.2 Å². The number of ether oxygens (including phenoxy) is 1. The zero-order chi connectivity index (χ0) is 32.6. The number of aliphatic imine (C=N–C) groups is 1. The predicted molar refractivity (Wildman–Crippen MR) is 186 cm³/mol. The number of unbranched alkanes of at least 4 members (excludes halogenated alkanes) is 1. The Balaban J connectivity index is 1.55. The third-order valence-corrected chi connectivity index (χ3v) is 8.80. The molecule has 3 aromatic rings. The highest BCUT2D eigenvalue weighted by molar-refractivity contribution is 6.18. The highest BCUT2D eigenvalue weighted by Gasteiger charge is 2.21. The van der Waals surface area contributed by atoms with Gasteiger partial charge in [-0.1, -0.05) is 68.8 Å². The number of pyridine rings is 1. The van der Waals surface area contributed by atoms with Crippen molar-refractivity contribution in [3.8, 4) is 5.75 Å². The Morgan fingerprint density at radius 3 is 2.78 bits per heavy atom. The first-order valence-electron chi connectivity index (χ1n) is 16.3. The monoisotopic (exact) mass is 617 g/mol. The highest BCUT2D eigenvalue weighted by Crippen LogP contribution is 2.35. The molecule has 2 bridgehead atoms. The van der Waals surface area contributed by atoms with Crippen LogP contribution in [0.2, 0.25) is 0 Å². The molecule has 5 rings (SSSR count). The molecule has 0 amide bonds. The molecule has 0 radical (unpaired) electrons. The van der Waals surface area contributed by atoms with Crippen LogP contribution in [0.4, 0.5) is 10.1 Å². The molecule has 2 N–H and O–H groups in total. The van der Waals surface area contributed by atoms with Crippen LogP contribution in [-0.4, -0.2) is 29.1 Å². The Morgan fingerprint density at radius 1 is 1.15 bits per heavy atom. The second-order valence-electron chi connectivity index (χ2n) is 12.4. The topological polar surface area (TPSA) is 77.6 Å². The van der Waals surface area contributed by atoms with Gasteiger partial charge in [-0.25, -0.2) is 9.38 Å². The maximum atomic E-state index is 14.7. The van der Waals surface area contributed by atoms with E-state index in [-0.39, 0.29) is 17.6 Å². The lowest BCUT2D eigenvalue weighted by Gasteiger charge is -2.19. The lowest BCUT2D eigenvalue weighted by Crippen LogP contribution is -2.20. The van der Waals surface area contributed by atoms with Gasteiger partial charge in [-0.2, -0.15) is 0 Å². The van der Waals surface area contributed by atoms with E-state index in [2.05, 4.69) is 49.4 Å². The molecule has 1 aliphatic heterocycles. The maximum Gasteiger partial charge on any atom is 0.188 e. The molecule has 46 heavy (non-hydrogen) atoms. The van der Waals surface area contributed by atoms with Crippen LogP contribution in [0.1, 0.15) is 84.5 Å². The van der Waals surface area contributed by atoms with Gasteiger partial charge in [-0.15, -0.1) is 0 Å². The third kappa shape index (κ3) is 8.04. The number of rotatable bonds is 11. The summed E-state index contributed by atoms with van der Waals surface area (Å²) in [7, 11) is 0. The van der Waals surface area contributed by atoms with Crippen LogP contribution in [0.3, 0.4) is 0 Å². The van der Waals surface area contributed by atoms with Crippen molar-refractivity contribution in [3.05, 3.63) is 130 Å². The Kier molecular flexibility index (Phi) is 10.9. The van der Waals surface area contributed by atoms with Crippen LogP contribution in [0, 0.1) is 12.7 Å². The maximum absolute atomic E-state index is 14.7. The summed E-state index contributed by atoms with van der Waals surface area (Å²) >= 11 is 0. The molecule has 238 valence electrons. The summed E-state index contributed by atoms with van der Waals surface area (Å²) in [4.78, 5) is 22.8. The number of benzene rings is 2. The first kappa shape index (κ1) is 33.0. The smallest absolute Gasteiger partial charge is 0.188 e. The van der Waals surface area contributed by atoms with Crippen molar-refractivity contribution in [2.75, 3.05) is 6.61 Å². The van der Waals surface area contributed by atoms with Crippen molar-refractivity contribution in [1.82, 2.24) is 4.98 Å². The minimum absolute atomic E-state index is 0.0546. The van der Waals surface area contributed by atoms with Crippen LogP contribution in [-0.2, 0) is 12.8 Å². The zero-order valence-electron chi connectivity index (χ0n) is 27.1. The molecule has 6 heteroatoms. The molecule has 0 saturated heterocycles. The van der Waals surface area contributed by atoms with Crippen LogP contribution in [0.15, 0.2) is 101 Å². The van der Waals surface area contributed by atoms with Crippen LogP contribution < -0.4 is 10.5 Å². The Morgan fingerprint density at radius 2 is 1.98 bits per heavy atom. The number of nitrogens with zero attached hydrogens (tertiary/aromatic N) is 2. The van der Waals surface area contributed by atoms with Gasteiger partial charge in [0.1, 0.15) is 11.6 Å². The molecule has 1 atom stereocenters. The Hall–Kier alpha value is -4.42. The summed E-state index contributed by atoms with van der Waals surface area (Å²) in [5.74, 6) is 0.208. The minimum atomic E-state index is -0.318. The van der Waals surface area contributed by atoms with E-state index in [4.69, 9.17) is 15.5 Å². The van der Waals surface area contributed by atoms with Crippen molar-refractivity contribution in [2.45, 2.75) is 77.7 Å². The number of Topliss-reactive ketones (excluding diaryl/α,β-unsaturated/α-hetero) is 1. The van der Waals surface area contributed by atoms with Crippen molar-refractivity contribution in [2.24, 2.45) is 10.7 Å². The van der Waals surface area contributed by atoms with Crippen LogP contribution in [0.25, 0.3) is 6.08 Å². The quantitative estimate of drug-likeness (QED) is 0.172. The fourth-order valence-corrected chi connectivity index (χ4v) is 6.02. The van der Waals surface area contributed by atoms with E-state index >= 15 is 0 Å². The number of ketones is 1. The predicted octanol–water partition coefficient (Wildman–Crippen LogP) is 9.18. The largest absolute Gasteiger partial charge is 0.493 e. The second kappa shape index (κ2) is 15.2. The molecule has 1 aliphatic carbocycles. The van der Waals surface area contributed by atoms with Gasteiger partial charge in [0.15, 0.2) is 5.78 Å². The van der Waals surface area contributed by atoms with Gasteiger partial charge in [0.25, 0.3) is 0 Å². The number of hydrogen-bond donors (Lipinski definition) is 1. The average molecular weight is 618 g/mol. The molecule has 0 spiro atoms. The number of carbonyl (C=O) groups excluding carboxylic acids is 1. The summed E-state index contributed by atoms with van der Waals surface area (Å²) in [6, 6.07) is 13.7. The molecular formula is C40H44FN3O2. The van der Waals surface area contributed by atoms with Gasteiger partial charge < -0.3 is 10.5 Å². The van der Waals surface area contributed by atoms with E-state index in [0.717, 1.165) is 71.2 Å². The summed E-state index contributed by atoms with van der Waals surface area (Å²) in [6.45, 7) is 13.2. The number of aromatic nitrogens is 1. The lowest BCUT2D eigenvalue weighted by atomic mass is 9.94. The molecular weight excluding hydrogens is 573 g/mol. The van der Waals surface area contributed by atoms with Crippen molar-refractivity contribution in [3.63, 3.8) is 0 Å². The fraction of sp³-hybridized carbons (Fsp3) is 0.325. The van der Waals surface area contributed by atoms with Gasteiger partial charge in [0, 0.05) is 28.9 Å². The van der Waals surface area contributed by atoms with Crippen molar-refractivity contribution in [1.29, 1.82) is 0 Å². The number of carbonyl (C=O) groups is 1. The molecule has 0 fully saturated rings. The lowest BCUT2D eigenvalue weighted by molar-refractivity contribution is 0.103. The molecule has 2 aliphatic rings. The standard InChI is InChI=1S/C40H44FN3O2/c1-5-6-13-35(42)15-14-27(3)40(45)34-23-37-28(4)38(24-34)46-18-9-10-26(2)39(44-37)33-21-29(20-32-16-17-43-25-36(32)41)19-30-11-7-8-12-31(30)22-33/h7-8,11-12,16-17,21-25,35H,2-3,5-6,9-10,13-15,18-20,42H2,1,4H3/b44-39+/t35-/m1/s1. The number of hydrogen-bond acceptors (Lipinski definition) is 5. The molecule has 0 saturated carbocycles. The van der Waals surface area contributed by atoms with Crippen LogP contribution >= 0.6 is 0 Å². The van der Waals surface area contributed by atoms with E-state index in [1.807, 2.05) is 31.2 Å². The van der Waals surface area contributed by atoms with E-state index in [1.165, 1.54) is 6.20 Å². The van der Waals surface area contributed by atoms with Crippen molar-refractivity contribution < 1.29 is 13.9 Å². The number of nitrogens with two attached hydrogens (primary N) is 1. The normalized spacial score (nSPS) is 16.5. The number of fused-ring (bicyclic) bond motifs is 3. The third-order valence-electron chi connectivity index (χ3n) is 8.80. The summed E-state index contributed by atoms with van der Waals surface area (Å²) in [5.41, 5.74) is 15.3. The Bertz CT molecular complexity index is 1730. The SMILES string of the molecule is C=C(CC[C@H](N)CCCC)C(=O)c1cc2c(C)c(c1)OCCCC(=C)/C(C1=Cc3ccccc3CC(Cc3ccncc3F)=C1)=N\2. The zero-order valence-corrected chi connectivity index (χ0v) is 27.1. The van der Waals surface area contributed by atoms with E-state index in [0.29, 0.717) is 60.4 Å². The summed E-state index contributed by atoms with van der Waals surface area (Å²) < 4.78 is 20.9. The van der Waals surface area contributed by atoms with E-state index in [1.54, 1.807) is 12.3 Å². The number of halogens is 1. The van der Waals surface area contributed by atoms with Gasteiger partial charge >= 0.3 is 0 Å². The van der Waals surface area contributed by atoms with Crippen molar-refractivity contribution >= 4 is 23.3 Å². The van der Waals surface area contributed by atoms with Gasteiger partial charge in [-0.05, 0) is 104 Å². The Labute approximate surface area is 272 Å². The molecule has 2 heterocycles. The van der Waals surface area contributed by atoms with Gasteiger partial charge in [0.2, 0.25) is 0 Å².